The van der Waals surface area contributed by atoms with Crippen molar-refractivity contribution in [1.82, 2.24) is 10.2 Å². The third kappa shape index (κ3) is 7.42. The molecule has 2 aliphatic rings. The number of aldehydes is 1. The molecule has 4 unspecified atom stereocenters. The number of aliphatic hydroxyl groups excluding tert-OH is 2. The van der Waals surface area contributed by atoms with Gasteiger partial charge in [0.2, 0.25) is 11.8 Å². The summed E-state index contributed by atoms with van der Waals surface area (Å²) in [5, 5.41) is 23.5. The fourth-order valence-corrected chi connectivity index (χ4v) is 5.70. The zero-order valence-corrected chi connectivity index (χ0v) is 24.6. The van der Waals surface area contributed by atoms with Crippen molar-refractivity contribution in [2.24, 2.45) is 5.92 Å². The van der Waals surface area contributed by atoms with Crippen LogP contribution in [0.3, 0.4) is 0 Å². The molecule has 1 fully saturated rings. The Morgan fingerprint density at radius 1 is 1.27 bits per heavy atom. The van der Waals surface area contributed by atoms with Gasteiger partial charge in [0, 0.05) is 37.3 Å². The number of nitrogens with zero attached hydrogens (tertiary/aromatic N) is 1. The maximum absolute atomic E-state index is 13.8. The standard InChI is InChI=1S/C29H32FIN2O8/c1-39-25-11-18(15-35)10-22(31)27(25)41-24-13-20(28(37)32-7-8-34)12-23(26(24)36)33(29(38)19-6-9-40-16-19)14-17-2-4-21(30)5-3-17/h2-5,10-11,13,15,19,23-24,26,34,36H,6-9,12,14,16H2,1H3,(H,32,37). The van der Waals surface area contributed by atoms with Gasteiger partial charge >= 0.3 is 0 Å². The summed E-state index contributed by atoms with van der Waals surface area (Å²) < 4.78 is 31.3. The predicted octanol–water partition coefficient (Wildman–Crippen LogP) is 2.23. The molecule has 220 valence electrons. The summed E-state index contributed by atoms with van der Waals surface area (Å²) in [5.41, 5.74) is 1.27. The summed E-state index contributed by atoms with van der Waals surface area (Å²) in [5.74, 6) is -1.06. The SMILES string of the molecule is COc1cc(C=O)cc(I)c1OC1C=C(C(=O)NCCO)CC(N(Cc2ccc(F)cc2)C(=O)C2CCOC2)C1O. The minimum atomic E-state index is -1.28. The topological polar surface area (TPSA) is 135 Å². The Bertz CT molecular complexity index is 1280. The lowest BCUT2D eigenvalue weighted by molar-refractivity contribution is -0.143. The molecule has 4 atom stereocenters. The number of rotatable bonds is 11. The third-order valence-corrected chi connectivity index (χ3v) is 7.89. The molecule has 2 aromatic rings. The van der Waals surface area contributed by atoms with Crippen molar-refractivity contribution in [2.75, 3.05) is 33.5 Å². The fraction of sp³-hybridized carbons (Fsp3) is 0.414. The molecular formula is C29H32FIN2O8. The van der Waals surface area contributed by atoms with E-state index in [1.54, 1.807) is 18.2 Å². The third-order valence-electron chi connectivity index (χ3n) is 7.08. The number of nitrogens with one attached hydrogen (secondary N) is 1. The Morgan fingerprint density at radius 3 is 2.66 bits per heavy atom. The molecule has 0 saturated carbocycles. The lowest BCUT2D eigenvalue weighted by atomic mass is 9.87. The van der Waals surface area contributed by atoms with Gasteiger partial charge in [0.1, 0.15) is 24.3 Å². The summed E-state index contributed by atoms with van der Waals surface area (Å²) in [6, 6.07) is 7.93. The van der Waals surface area contributed by atoms with Gasteiger partial charge in [-0.15, -0.1) is 0 Å². The van der Waals surface area contributed by atoms with Gasteiger partial charge < -0.3 is 34.6 Å². The molecule has 1 aliphatic heterocycles. The van der Waals surface area contributed by atoms with Crippen LogP contribution >= 0.6 is 22.6 Å². The lowest BCUT2D eigenvalue weighted by Gasteiger charge is -2.41. The molecule has 0 spiro atoms. The van der Waals surface area contributed by atoms with E-state index in [4.69, 9.17) is 14.2 Å². The van der Waals surface area contributed by atoms with Crippen molar-refractivity contribution < 1.29 is 43.2 Å². The minimum Gasteiger partial charge on any atom is -0.493 e. The molecule has 41 heavy (non-hydrogen) atoms. The Labute approximate surface area is 250 Å². The van der Waals surface area contributed by atoms with Crippen molar-refractivity contribution in [3.8, 4) is 11.5 Å². The van der Waals surface area contributed by atoms with E-state index >= 15 is 0 Å². The number of hydrogen-bond acceptors (Lipinski definition) is 8. The highest BCUT2D eigenvalue weighted by Gasteiger charge is 2.42. The molecule has 10 nitrogen and oxygen atoms in total. The van der Waals surface area contributed by atoms with E-state index in [1.165, 1.54) is 36.3 Å². The first-order valence-electron chi connectivity index (χ1n) is 13.2. The van der Waals surface area contributed by atoms with E-state index in [9.17, 15) is 29.0 Å². The smallest absolute Gasteiger partial charge is 0.247 e. The summed E-state index contributed by atoms with van der Waals surface area (Å²) >= 11 is 1.99. The molecule has 1 saturated heterocycles. The van der Waals surface area contributed by atoms with Crippen LogP contribution in [0.4, 0.5) is 4.39 Å². The number of halogens is 2. The Balaban J connectivity index is 1.73. The van der Waals surface area contributed by atoms with Crippen LogP contribution in [0.1, 0.15) is 28.8 Å². The van der Waals surface area contributed by atoms with Crippen molar-refractivity contribution >= 4 is 40.7 Å². The summed E-state index contributed by atoms with van der Waals surface area (Å²) in [4.78, 5) is 39.8. The highest BCUT2D eigenvalue weighted by Crippen LogP contribution is 2.37. The quantitative estimate of drug-likeness (QED) is 0.243. The van der Waals surface area contributed by atoms with Gasteiger partial charge in [0.25, 0.3) is 0 Å². The predicted molar refractivity (Wildman–Crippen MR) is 154 cm³/mol. The number of amides is 2. The second-order valence-electron chi connectivity index (χ2n) is 9.82. The first-order chi connectivity index (χ1) is 19.7. The Kier molecular flexibility index (Phi) is 10.7. The number of carbonyl (C=O) groups excluding carboxylic acids is 3. The van der Waals surface area contributed by atoms with Crippen molar-refractivity contribution in [1.29, 1.82) is 0 Å². The van der Waals surface area contributed by atoms with Crippen LogP contribution in [0.5, 0.6) is 11.5 Å². The molecule has 0 aromatic heterocycles. The summed E-state index contributed by atoms with van der Waals surface area (Å²) in [6.45, 7) is 0.486. The largest absolute Gasteiger partial charge is 0.493 e. The van der Waals surface area contributed by atoms with E-state index in [0.717, 1.165) is 0 Å². The number of ether oxygens (including phenoxy) is 3. The van der Waals surface area contributed by atoms with Crippen molar-refractivity contribution in [2.45, 2.75) is 37.6 Å². The van der Waals surface area contributed by atoms with Crippen molar-refractivity contribution in [3.63, 3.8) is 0 Å². The van der Waals surface area contributed by atoms with Crippen LogP contribution in [0.25, 0.3) is 0 Å². The molecule has 1 heterocycles. The molecule has 0 bridgehead atoms. The molecular weight excluding hydrogens is 650 g/mol. The van der Waals surface area contributed by atoms with E-state index in [-0.39, 0.29) is 55.7 Å². The van der Waals surface area contributed by atoms with Crippen LogP contribution in [-0.4, -0.2) is 84.9 Å². The van der Waals surface area contributed by atoms with Crippen LogP contribution in [0.2, 0.25) is 0 Å². The van der Waals surface area contributed by atoms with Crippen LogP contribution in [0, 0.1) is 15.3 Å². The monoisotopic (exact) mass is 682 g/mol. The summed E-state index contributed by atoms with van der Waals surface area (Å²) in [6.07, 6.45) is 0.334. The van der Waals surface area contributed by atoms with Gasteiger partial charge in [-0.1, -0.05) is 12.1 Å². The molecule has 0 radical (unpaired) electrons. The number of carbonyl (C=O) groups is 3. The maximum atomic E-state index is 13.8. The van der Waals surface area contributed by atoms with Crippen LogP contribution in [0.15, 0.2) is 48.0 Å². The normalized spacial score (nSPS) is 22.0. The maximum Gasteiger partial charge on any atom is 0.247 e. The molecule has 4 rings (SSSR count). The van der Waals surface area contributed by atoms with Gasteiger partial charge in [-0.05, 0) is 64.9 Å². The van der Waals surface area contributed by atoms with Gasteiger partial charge in [-0.2, -0.15) is 0 Å². The molecule has 3 N–H and O–H groups in total. The summed E-state index contributed by atoms with van der Waals surface area (Å²) in [7, 11) is 1.42. The van der Waals surface area contributed by atoms with Crippen LogP contribution in [-0.2, 0) is 20.9 Å². The average Bonchev–Trinajstić information content (AvgIpc) is 3.52. The minimum absolute atomic E-state index is 0.0110. The van der Waals surface area contributed by atoms with Crippen LogP contribution < -0.4 is 14.8 Å². The molecule has 1 aliphatic carbocycles. The Morgan fingerprint density at radius 2 is 2.02 bits per heavy atom. The highest BCUT2D eigenvalue weighted by atomic mass is 127. The zero-order valence-electron chi connectivity index (χ0n) is 22.4. The highest BCUT2D eigenvalue weighted by molar-refractivity contribution is 14.1. The Hall–Kier alpha value is -3.07. The first kappa shape index (κ1) is 30.9. The number of aliphatic hydroxyl groups is 2. The molecule has 2 aromatic carbocycles. The molecule has 12 heteroatoms. The average molecular weight is 682 g/mol. The van der Waals surface area contributed by atoms with Crippen molar-refractivity contribution in [3.05, 3.63) is 68.6 Å². The second-order valence-corrected chi connectivity index (χ2v) is 11.0. The van der Waals surface area contributed by atoms with Gasteiger partial charge in [-0.3, -0.25) is 14.4 Å². The van der Waals surface area contributed by atoms with Gasteiger partial charge in [0.05, 0.1) is 35.9 Å². The zero-order chi connectivity index (χ0) is 29.5. The van der Waals surface area contributed by atoms with Gasteiger partial charge in [-0.25, -0.2) is 4.39 Å². The fourth-order valence-electron chi connectivity index (χ4n) is 4.95. The number of benzene rings is 2. The molecule has 2 amide bonds. The number of methoxy groups -OCH3 is 1. The lowest BCUT2D eigenvalue weighted by Crippen LogP contribution is -2.56. The first-order valence-corrected chi connectivity index (χ1v) is 14.2. The van der Waals surface area contributed by atoms with E-state index in [1.807, 2.05) is 22.6 Å². The van der Waals surface area contributed by atoms with E-state index in [0.29, 0.717) is 34.0 Å². The second kappa shape index (κ2) is 14.2. The van der Waals surface area contributed by atoms with E-state index < -0.39 is 35.9 Å². The van der Waals surface area contributed by atoms with E-state index in [2.05, 4.69) is 5.32 Å². The number of hydrogen-bond donors (Lipinski definition) is 3. The van der Waals surface area contributed by atoms with Gasteiger partial charge in [0.15, 0.2) is 11.5 Å².